The van der Waals surface area contributed by atoms with Gasteiger partial charge in [0.05, 0.1) is 0 Å². The third-order valence-corrected chi connectivity index (χ3v) is 5.45. The number of hydrogen-bond acceptors (Lipinski definition) is 3. The molecule has 2 bridgehead atoms. The highest BCUT2D eigenvalue weighted by atomic mass is 15.3. The van der Waals surface area contributed by atoms with Gasteiger partial charge in [0.2, 0.25) is 0 Å². The van der Waals surface area contributed by atoms with Crippen LogP contribution < -0.4 is 5.73 Å². The van der Waals surface area contributed by atoms with E-state index in [-0.39, 0.29) is 6.04 Å². The number of aryl methyl sites for hydroxylation is 2. The van der Waals surface area contributed by atoms with E-state index in [0.717, 1.165) is 6.42 Å². The van der Waals surface area contributed by atoms with Gasteiger partial charge >= 0.3 is 0 Å². The van der Waals surface area contributed by atoms with E-state index in [0.29, 0.717) is 6.04 Å². The minimum absolute atomic E-state index is 0.276. The smallest absolute Gasteiger partial charge is 0.0378 e. The van der Waals surface area contributed by atoms with Gasteiger partial charge in [-0.1, -0.05) is 18.2 Å². The first-order valence-electron chi connectivity index (χ1n) is 8.12. The first-order chi connectivity index (χ1) is 9.79. The van der Waals surface area contributed by atoms with Gasteiger partial charge in [-0.2, -0.15) is 0 Å². The molecule has 0 spiro atoms. The minimum Gasteiger partial charge on any atom is -0.326 e. The molecule has 1 aromatic rings. The average molecular weight is 271 g/mol. The molecule has 108 valence electrons. The van der Waals surface area contributed by atoms with Crippen molar-refractivity contribution in [3.8, 4) is 0 Å². The Morgan fingerprint density at radius 3 is 2.65 bits per heavy atom. The molecule has 2 atom stereocenters. The van der Waals surface area contributed by atoms with Crippen molar-refractivity contribution < 1.29 is 0 Å². The zero-order valence-corrected chi connectivity index (χ0v) is 12.2. The summed E-state index contributed by atoms with van der Waals surface area (Å²) in [6, 6.07) is 7.89. The van der Waals surface area contributed by atoms with E-state index in [9.17, 15) is 0 Å². The summed E-state index contributed by atoms with van der Waals surface area (Å²) in [5.41, 5.74) is 11.1. The van der Waals surface area contributed by atoms with Crippen molar-refractivity contribution in [2.24, 2.45) is 5.73 Å². The predicted octanol–water partition coefficient (Wildman–Crippen LogP) is 1.04. The van der Waals surface area contributed by atoms with Crippen LogP contribution in [0.25, 0.3) is 0 Å². The fourth-order valence-corrected chi connectivity index (χ4v) is 4.22. The summed E-state index contributed by atoms with van der Waals surface area (Å²) < 4.78 is 0. The Morgan fingerprint density at radius 1 is 1.10 bits per heavy atom. The molecule has 1 aliphatic carbocycles. The summed E-state index contributed by atoms with van der Waals surface area (Å²) in [5.74, 6) is 0. The van der Waals surface area contributed by atoms with Crippen LogP contribution in [0.3, 0.4) is 0 Å². The topological polar surface area (TPSA) is 32.5 Å². The van der Waals surface area contributed by atoms with Crippen LogP contribution in [-0.2, 0) is 19.3 Å². The molecule has 0 amide bonds. The van der Waals surface area contributed by atoms with Crippen molar-refractivity contribution >= 4 is 0 Å². The van der Waals surface area contributed by atoms with Crippen LogP contribution >= 0.6 is 0 Å². The molecular weight excluding hydrogens is 246 g/mol. The molecule has 20 heavy (non-hydrogen) atoms. The van der Waals surface area contributed by atoms with Crippen molar-refractivity contribution in [1.29, 1.82) is 0 Å². The van der Waals surface area contributed by atoms with Crippen molar-refractivity contribution in [3.63, 3.8) is 0 Å². The minimum atomic E-state index is 0.276. The molecule has 0 saturated carbocycles. The van der Waals surface area contributed by atoms with Crippen LogP contribution in [-0.4, -0.2) is 54.6 Å². The highest BCUT2D eigenvalue weighted by Crippen LogP contribution is 2.24. The van der Waals surface area contributed by atoms with Crippen LogP contribution in [0, 0.1) is 0 Å². The van der Waals surface area contributed by atoms with Gasteiger partial charge in [0.15, 0.2) is 0 Å². The third kappa shape index (κ3) is 2.28. The van der Waals surface area contributed by atoms with E-state index < -0.39 is 0 Å². The van der Waals surface area contributed by atoms with Gasteiger partial charge in [0.1, 0.15) is 0 Å². The number of nitrogens with zero attached hydrogens (tertiary/aromatic N) is 2. The molecule has 3 fully saturated rings. The van der Waals surface area contributed by atoms with E-state index in [1.54, 1.807) is 11.1 Å². The molecule has 2 unspecified atom stereocenters. The van der Waals surface area contributed by atoms with E-state index in [4.69, 9.17) is 5.73 Å². The second kappa shape index (κ2) is 5.14. The zero-order chi connectivity index (χ0) is 13.5. The van der Waals surface area contributed by atoms with Crippen molar-refractivity contribution in [1.82, 2.24) is 9.80 Å². The Balaban J connectivity index is 1.46. The van der Waals surface area contributed by atoms with E-state index in [1.165, 1.54) is 57.5 Å². The van der Waals surface area contributed by atoms with E-state index >= 15 is 0 Å². The Kier molecular flexibility index (Phi) is 3.29. The lowest BCUT2D eigenvalue weighted by Gasteiger charge is -2.49. The van der Waals surface area contributed by atoms with Crippen LogP contribution in [0.2, 0.25) is 0 Å². The van der Waals surface area contributed by atoms with Crippen LogP contribution in [0.15, 0.2) is 18.2 Å². The molecule has 3 saturated heterocycles. The second-order valence-corrected chi connectivity index (χ2v) is 6.73. The maximum Gasteiger partial charge on any atom is 0.0378 e. The molecule has 0 radical (unpaired) electrons. The molecule has 0 aromatic heterocycles. The maximum atomic E-state index is 6.54. The van der Waals surface area contributed by atoms with Gasteiger partial charge in [-0.3, -0.25) is 9.80 Å². The summed E-state index contributed by atoms with van der Waals surface area (Å²) in [6.07, 6.45) is 4.90. The van der Waals surface area contributed by atoms with Gasteiger partial charge < -0.3 is 5.73 Å². The van der Waals surface area contributed by atoms with E-state index in [1.807, 2.05) is 0 Å². The van der Waals surface area contributed by atoms with Crippen LogP contribution in [0.5, 0.6) is 0 Å². The molecule has 5 rings (SSSR count). The number of nitrogens with two attached hydrogens (primary N) is 1. The van der Waals surface area contributed by atoms with Crippen molar-refractivity contribution in [2.45, 2.75) is 37.8 Å². The molecular formula is C17H25N3. The maximum absolute atomic E-state index is 6.54. The molecule has 2 N–H and O–H groups in total. The summed E-state index contributed by atoms with van der Waals surface area (Å²) in [7, 11) is 0. The molecule has 1 aromatic carbocycles. The quantitative estimate of drug-likeness (QED) is 0.892. The number of fused-ring (bicyclic) bond motifs is 4. The summed E-state index contributed by atoms with van der Waals surface area (Å²) >= 11 is 0. The molecule has 3 nitrogen and oxygen atoms in total. The standard InChI is InChI=1S/C17H25N3/c18-16(17-12-19-6-8-20(17)9-7-19)11-13-4-5-14-2-1-3-15(14)10-13/h4-5,10,16-17H,1-3,6-9,11-12,18H2. The van der Waals surface area contributed by atoms with E-state index in [2.05, 4.69) is 28.0 Å². The SMILES string of the molecule is NC(Cc1ccc2c(c1)CCC2)C1CN2CCN1CC2. The van der Waals surface area contributed by atoms with Crippen molar-refractivity contribution in [3.05, 3.63) is 34.9 Å². The Bertz CT molecular complexity index is 491. The molecule has 3 aliphatic heterocycles. The van der Waals surface area contributed by atoms with Gasteiger partial charge in [0.25, 0.3) is 0 Å². The Hall–Kier alpha value is -0.900. The second-order valence-electron chi connectivity index (χ2n) is 6.73. The molecule has 3 heteroatoms. The van der Waals surface area contributed by atoms with Crippen LogP contribution in [0.4, 0.5) is 0 Å². The number of rotatable bonds is 3. The Labute approximate surface area is 121 Å². The lowest BCUT2D eigenvalue weighted by atomic mass is 9.94. The van der Waals surface area contributed by atoms with Crippen LogP contribution in [0.1, 0.15) is 23.1 Å². The predicted molar refractivity (Wildman–Crippen MR) is 81.9 cm³/mol. The largest absolute Gasteiger partial charge is 0.326 e. The molecule has 4 aliphatic rings. The number of piperazine rings is 3. The fraction of sp³-hybridized carbons (Fsp3) is 0.647. The average Bonchev–Trinajstić information content (AvgIpc) is 2.96. The molecule has 3 heterocycles. The lowest BCUT2D eigenvalue weighted by Crippen LogP contribution is -2.66. The third-order valence-electron chi connectivity index (χ3n) is 5.45. The normalized spacial score (nSPS) is 33.1. The Morgan fingerprint density at radius 2 is 1.90 bits per heavy atom. The number of hydrogen-bond donors (Lipinski definition) is 1. The first kappa shape index (κ1) is 12.8. The first-order valence-corrected chi connectivity index (χ1v) is 8.12. The monoisotopic (exact) mass is 271 g/mol. The lowest BCUT2D eigenvalue weighted by molar-refractivity contribution is 0.00258. The van der Waals surface area contributed by atoms with Gasteiger partial charge in [-0.15, -0.1) is 0 Å². The number of benzene rings is 1. The van der Waals surface area contributed by atoms with Gasteiger partial charge in [0, 0.05) is 44.8 Å². The van der Waals surface area contributed by atoms with Gasteiger partial charge in [-0.05, 0) is 42.4 Å². The highest BCUT2D eigenvalue weighted by Gasteiger charge is 2.35. The summed E-state index contributed by atoms with van der Waals surface area (Å²) in [4.78, 5) is 5.19. The highest BCUT2D eigenvalue weighted by molar-refractivity contribution is 5.35. The summed E-state index contributed by atoms with van der Waals surface area (Å²) in [6.45, 7) is 6.07. The van der Waals surface area contributed by atoms with Crippen molar-refractivity contribution in [2.75, 3.05) is 32.7 Å². The van der Waals surface area contributed by atoms with Gasteiger partial charge in [-0.25, -0.2) is 0 Å². The fourth-order valence-electron chi connectivity index (χ4n) is 4.22. The summed E-state index contributed by atoms with van der Waals surface area (Å²) in [5, 5.41) is 0. The zero-order valence-electron chi connectivity index (χ0n) is 12.2.